The maximum atomic E-state index is 12.2. The predicted octanol–water partition coefficient (Wildman–Crippen LogP) is 1.15. The van der Waals surface area contributed by atoms with Gasteiger partial charge >= 0.3 is 0 Å². The van der Waals surface area contributed by atoms with E-state index in [4.69, 9.17) is 5.26 Å². The van der Waals surface area contributed by atoms with Gasteiger partial charge in [0.15, 0.2) is 0 Å². The lowest BCUT2D eigenvalue weighted by atomic mass is 10.1. The summed E-state index contributed by atoms with van der Waals surface area (Å²) in [5, 5.41) is 8.54. The molecule has 2 fully saturated rings. The number of amides is 2. The van der Waals surface area contributed by atoms with Crippen molar-refractivity contribution in [2.24, 2.45) is 5.92 Å². The summed E-state index contributed by atoms with van der Waals surface area (Å²) in [5.74, 6) is -0.0835. The van der Waals surface area contributed by atoms with Crippen LogP contribution in [0.3, 0.4) is 0 Å². The quantitative estimate of drug-likeness (QED) is 0.764. The lowest BCUT2D eigenvalue weighted by Gasteiger charge is -2.25. The van der Waals surface area contributed by atoms with E-state index in [0.29, 0.717) is 32.0 Å². The molecule has 0 aromatic rings. The number of carbonyl (C=O) groups excluding carboxylic acids is 2. The van der Waals surface area contributed by atoms with Crippen LogP contribution in [0.15, 0.2) is 0 Å². The van der Waals surface area contributed by atoms with Gasteiger partial charge in [0, 0.05) is 32.6 Å². The van der Waals surface area contributed by atoms with Gasteiger partial charge in [-0.25, -0.2) is 0 Å². The molecular weight excluding hydrogens is 242 g/mol. The highest BCUT2D eigenvalue weighted by atomic mass is 16.2. The highest BCUT2D eigenvalue weighted by Gasteiger charge is 2.39. The van der Waals surface area contributed by atoms with Crippen molar-refractivity contribution in [3.63, 3.8) is 0 Å². The van der Waals surface area contributed by atoms with Gasteiger partial charge < -0.3 is 9.80 Å². The van der Waals surface area contributed by atoms with E-state index in [1.54, 1.807) is 11.9 Å². The van der Waals surface area contributed by atoms with E-state index >= 15 is 0 Å². The molecule has 1 aliphatic carbocycles. The van der Waals surface area contributed by atoms with E-state index in [1.165, 1.54) is 12.8 Å². The Morgan fingerprint density at radius 2 is 2.16 bits per heavy atom. The highest BCUT2D eigenvalue weighted by Crippen LogP contribution is 2.30. The Balaban J connectivity index is 1.91. The Hall–Kier alpha value is -1.57. The Morgan fingerprint density at radius 1 is 1.47 bits per heavy atom. The van der Waals surface area contributed by atoms with Crippen molar-refractivity contribution in [2.75, 3.05) is 20.1 Å². The molecule has 1 heterocycles. The molecular formula is C14H21N3O2. The average Bonchev–Trinajstić information content (AvgIpc) is 3.03. The normalized spacial score (nSPS) is 23.7. The van der Waals surface area contributed by atoms with E-state index in [0.717, 1.165) is 12.8 Å². The largest absolute Gasteiger partial charge is 0.344 e. The molecule has 2 rings (SSSR count). The standard InChI is InChI=1S/C14H21N3O2/c1-16(8-4-7-15)14(19)11-9-13(18)17(10-11)12-5-2-3-6-12/h11-12H,2-6,8-10H2,1H3. The third-order valence-electron chi connectivity index (χ3n) is 4.21. The van der Waals surface area contributed by atoms with Gasteiger partial charge in [0.1, 0.15) is 0 Å². The van der Waals surface area contributed by atoms with Crippen LogP contribution in [0.5, 0.6) is 0 Å². The van der Waals surface area contributed by atoms with E-state index in [-0.39, 0.29) is 17.7 Å². The van der Waals surface area contributed by atoms with Crippen LogP contribution in [0.25, 0.3) is 0 Å². The molecule has 1 saturated carbocycles. The molecule has 5 nitrogen and oxygen atoms in total. The summed E-state index contributed by atoms with van der Waals surface area (Å²) in [5.41, 5.74) is 0. The molecule has 0 spiro atoms. The van der Waals surface area contributed by atoms with E-state index < -0.39 is 0 Å². The molecule has 0 aromatic heterocycles. The Morgan fingerprint density at radius 3 is 2.79 bits per heavy atom. The van der Waals surface area contributed by atoms with Crippen molar-refractivity contribution in [2.45, 2.75) is 44.6 Å². The summed E-state index contributed by atoms with van der Waals surface area (Å²) in [6.45, 7) is 1.02. The second kappa shape index (κ2) is 6.05. The van der Waals surface area contributed by atoms with Crippen LogP contribution >= 0.6 is 0 Å². The second-order valence-corrected chi connectivity index (χ2v) is 5.55. The first kappa shape index (κ1) is 13.9. The fourth-order valence-electron chi connectivity index (χ4n) is 3.11. The van der Waals surface area contributed by atoms with Gasteiger partial charge in [-0.2, -0.15) is 5.26 Å². The predicted molar refractivity (Wildman–Crippen MR) is 69.9 cm³/mol. The molecule has 0 N–H and O–H groups in total. The van der Waals surface area contributed by atoms with E-state index in [9.17, 15) is 9.59 Å². The van der Waals surface area contributed by atoms with Crippen molar-refractivity contribution in [1.29, 1.82) is 5.26 Å². The Kier molecular flexibility index (Phi) is 4.41. The fourth-order valence-corrected chi connectivity index (χ4v) is 3.11. The van der Waals surface area contributed by atoms with Crippen LogP contribution in [0.2, 0.25) is 0 Å². The second-order valence-electron chi connectivity index (χ2n) is 5.55. The fraction of sp³-hybridized carbons (Fsp3) is 0.786. The molecule has 104 valence electrons. The maximum absolute atomic E-state index is 12.2. The topological polar surface area (TPSA) is 64.4 Å². The van der Waals surface area contributed by atoms with Crippen molar-refractivity contribution >= 4 is 11.8 Å². The minimum atomic E-state index is -0.211. The molecule has 0 bridgehead atoms. The number of likely N-dealkylation sites (tertiary alicyclic amines) is 1. The number of hydrogen-bond acceptors (Lipinski definition) is 3. The Labute approximate surface area is 114 Å². The van der Waals surface area contributed by atoms with Crippen LogP contribution in [-0.4, -0.2) is 47.8 Å². The van der Waals surface area contributed by atoms with Gasteiger partial charge in [-0.3, -0.25) is 9.59 Å². The molecule has 2 aliphatic rings. The summed E-state index contributed by atoms with van der Waals surface area (Å²) < 4.78 is 0. The molecule has 1 aliphatic heterocycles. The maximum Gasteiger partial charge on any atom is 0.227 e. The first-order valence-electron chi connectivity index (χ1n) is 7.05. The monoisotopic (exact) mass is 263 g/mol. The molecule has 0 radical (unpaired) electrons. The molecule has 5 heteroatoms. The van der Waals surface area contributed by atoms with Crippen molar-refractivity contribution in [3.05, 3.63) is 0 Å². The lowest BCUT2D eigenvalue weighted by molar-refractivity contribution is -0.134. The zero-order valence-corrected chi connectivity index (χ0v) is 11.5. The van der Waals surface area contributed by atoms with E-state index in [1.807, 2.05) is 11.0 Å². The first-order valence-corrected chi connectivity index (χ1v) is 7.05. The van der Waals surface area contributed by atoms with Crippen LogP contribution < -0.4 is 0 Å². The summed E-state index contributed by atoms with van der Waals surface area (Å²) >= 11 is 0. The zero-order chi connectivity index (χ0) is 13.8. The van der Waals surface area contributed by atoms with Crippen LogP contribution in [-0.2, 0) is 9.59 Å². The minimum absolute atomic E-state index is 0.00379. The molecule has 2 amide bonds. The highest BCUT2D eigenvalue weighted by molar-refractivity contribution is 5.89. The molecule has 0 aromatic carbocycles. The summed E-state index contributed by atoms with van der Waals surface area (Å²) in [6, 6.07) is 2.39. The van der Waals surface area contributed by atoms with Gasteiger partial charge in [-0.15, -0.1) is 0 Å². The lowest BCUT2D eigenvalue weighted by Crippen LogP contribution is -2.37. The van der Waals surface area contributed by atoms with Gasteiger partial charge in [0.25, 0.3) is 0 Å². The van der Waals surface area contributed by atoms with Gasteiger partial charge in [0.05, 0.1) is 18.4 Å². The third-order valence-corrected chi connectivity index (χ3v) is 4.21. The van der Waals surface area contributed by atoms with Gasteiger partial charge in [-0.05, 0) is 12.8 Å². The summed E-state index contributed by atoms with van der Waals surface area (Å²) in [7, 11) is 1.71. The van der Waals surface area contributed by atoms with Crippen LogP contribution in [0.1, 0.15) is 38.5 Å². The number of carbonyl (C=O) groups is 2. The zero-order valence-electron chi connectivity index (χ0n) is 11.5. The SMILES string of the molecule is CN(CCC#N)C(=O)C1CC(=O)N(C2CCCC2)C1. The van der Waals surface area contributed by atoms with Gasteiger partial charge in [-0.1, -0.05) is 12.8 Å². The van der Waals surface area contributed by atoms with E-state index in [2.05, 4.69) is 0 Å². The number of nitrogens with zero attached hydrogens (tertiary/aromatic N) is 3. The minimum Gasteiger partial charge on any atom is -0.344 e. The summed E-state index contributed by atoms with van der Waals surface area (Å²) in [6.07, 6.45) is 5.22. The first-order chi connectivity index (χ1) is 9.13. The smallest absolute Gasteiger partial charge is 0.227 e. The third kappa shape index (κ3) is 3.06. The van der Waals surface area contributed by atoms with Crippen molar-refractivity contribution in [1.82, 2.24) is 9.80 Å². The van der Waals surface area contributed by atoms with Crippen molar-refractivity contribution in [3.8, 4) is 6.07 Å². The Bertz CT molecular complexity index is 396. The number of nitriles is 1. The molecule has 19 heavy (non-hydrogen) atoms. The average molecular weight is 263 g/mol. The number of rotatable bonds is 4. The molecule has 1 saturated heterocycles. The van der Waals surface area contributed by atoms with Crippen molar-refractivity contribution < 1.29 is 9.59 Å². The number of hydrogen-bond donors (Lipinski definition) is 0. The summed E-state index contributed by atoms with van der Waals surface area (Å²) in [4.78, 5) is 27.7. The van der Waals surface area contributed by atoms with Gasteiger partial charge in [0.2, 0.25) is 11.8 Å². The molecule has 1 atom stereocenters. The molecule has 1 unspecified atom stereocenters. The van der Waals surface area contributed by atoms with Crippen LogP contribution in [0.4, 0.5) is 0 Å². The van der Waals surface area contributed by atoms with Crippen LogP contribution in [0, 0.1) is 17.2 Å².